The zero-order chi connectivity index (χ0) is 13.2. The Kier molecular flexibility index (Phi) is 3.94. The molecule has 0 fully saturated rings. The van der Waals surface area contributed by atoms with E-state index < -0.39 is 31.4 Å². The van der Waals surface area contributed by atoms with Crippen LogP contribution in [0, 0.1) is 5.82 Å². The van der Waals surface area contributed by atoms with E-state index in [1.165, 1.54) is 7.05 Å². The van der Waals surface area contributed by atoms with Gasteiger partial charge in [-0.2, -0.15) is 0 Å². The molecule has 5 nitrogen and oxygen atoms in total. The number of nitrogens with one attached hydrogen (secondary N) is 1. The first-order chi connectivity index (χ1) is 7.81. The molecule has 0 aliphatic heterocycles. The third-order valence-electron chi connectivity index (χ3n) is 1.97. The minimum absolute atomic E-state index is 0.162. The quantitative estimate of drug-likeness (QED) is 0.843. The smallest absolute Gasteiger partial charge is 0.265 e. The second-order valence-corrected chi connectivity index (χ2v) is 5.54. The predicted octanol–water partition coefficient (Wildman–Crippen LogP) is 1.12. The summed E-state index contributed by atoms with van der Waals surface area (Å²) in [4.78, 5) is 10.7. The Morgan fingerprint density at radius 3 is 2.47 bits per heavy atom. The van der Waals surface area contributed by atoms with E-state index >= 15 is 0 Å². The van der Waals surface area contributed by atoms with Crippen LogP contribution in [0.5, 0.6) is 5.75 Å². The maximum absolute atomic E-state index is 13.5. The molecule has 0 aromatic heterocycles. The molecule has 0 atom stereocenters. The fourth-order valence-electron chi connectivity index (χ4n) is 1.22. The molecular formula is C9H9ClFNO4S. The second kappa shape index (κ2) is 4.89. The van der Waals surface area contributed by atoms with Crippen LogP contribution in [0.15, 0.2) is 17.0 Å². The van der Waals surface area contributed by atoms with Gasteiger partial charge >= 0.3 is 0 Å². The Balaban J connectivity index is 3.56. The van der Waals surface area contributed by atoms with Gasteiger partial charge in [0.2, 0.25) is 0 Å². The maximum atomic E-state index is 13.5. The average Bonchev–Trinajstić information content (AvgIpc) is 2.25. The van der Waals surface area contributed by atoms with E-state index in [0.29, 0.717) is 0 Å². The van der Waals surface area contributed by atoms with E-state index in [4.69, 9.17) is 10.7 Å². The average molecular weight is 282 g/mol. The number of hydrogen-bond acceptors (Lipinski definition) is 4. The Labute approximate surface area is 102 Å². The van der Waals surface area contributed by atoms with E-state index in [-0.39, 0.29) is 5.56 Å². The zero-order valence-corrected chi connectivity index (χ0v) is 10.5. The molecule has 0 saturated heterocycles. The second-order valence-electron chi connectivity index (χ2n) is 3.01. The van der Waals surface area contributed by atoms with Crippen LogP contribution < -0.4 is 10.1 Å². The van der Waals surface area contributed by atoms with Crippen LogP contribution in [0.1, 0.15) is 10.4 Å². The summed E-state index contributed by atoms with van der Waals surface area (Å²) in [5, 5.41) is 2.24. The van der Waals surface area contributed by atoms with E-state index in [9.17, 15) is 17.6 Å². The van der Waals surface area contributed by atoms with Crippen LogP contribution in [0.25, 0.3) is 0 Å². The van der Waals surface area contributed by atoms with E-state index in [2.05, 4.69) is 10.1 Å². The third kappa shape index (κ3) is 2.86. The molecule has 0 heterocycles. The SMILES string of the molecule is CNC(=O)c1cc(F)c(OC)c(S(=O)(=O)Cl)c1. The van der Waals surface area contributed by atoms with Gasteiger partial charge < -0.3 is 10.1 Å². The lowest BCUT2D eigenvalue weighted by Crippen LogP contribution is -2.18. The predicted molar refractivity (Wildman–Crippen MR) is 59.4 cm³/mol. The lowest BCUT2D eigenvalue weighted by Gasteiger charge is -2.09. The highest BCUT2D eigenvalue weighted by Crippen LogP contribution is 2.30. The van der Waals surface area contributed by atoms with Crippen molar-refractivity contribution in [2.24, 2.45) is 0 Å². The van der Waals surface area contributed by atoms with Crippen LogP contribution >= 0.6 is 10.7 Å². The maximum Gasteiger partial charge on any atom is 0.265 e. The normalized spacial score (nSPS) is 11.1. The molecule has 1 amide bonds. The molecule has 0 bridgehead atoms. The van der Waals surface area contributed by atoms with Crippen molar-refractivity contribution in [3.8, 4) is 5.75 Å². The van der Waals surface area contributed by atoms with E-state index in [1.807, 2.05) is 0 Å². The van der Waals surface area contributed by atoms with Crippen molar-refractivity contribution < 1.29 is 22.3 Å². The van der Waals surface area contributed by atoms with Gasteiger partial charge in [-0.1, -0.05) is 0 Å². The molecule has 0 spiro atoms. The monoisotopic (exact) mass is 281 g/mol. The van der Waals surface area contributed by atoms with Crippen LogP contribution in [0.4, 0.5) is 4.39 Å². The van der Waals surface area contributed by atoms with Gasteiger partial charge in [0.15, 0.2) is 11.6 Å². The molecule has 1 aromatic carbocycles. The van der Waals surface area contributed by atoms with Crippen molar-refractivity contribution in [1.29, 1.82) is 0 Å². The fraction of sp³-hybridized carbons (Fsp3) is 0.222. The number of carbonyl (C=O) groups excluding carboxylic acids is 1. The Morgan fingerprint density at radius 2 is 2.06 bits per heavy atom. The first-order valence-electron chi connectivity index (χ1n) is 4.35. The van der Waals surface area contributed by atoms with Crippen LogP contribution in [0.2, 0.25) is 0 Å². The van der Waals surface area contributed by atoms with Gasteiger partial charge in [0.1, 0.15) is 4.90 Å². The van der Waals surface area contributed by atoms with E-state index in [1.54, 1.807) is 0 Å². The summed E-state index contributed by atoms with van der Waals surface area (Å²) in [6.07, 6.45) is 0. The largest absolute Gasteiger partial charge is 0.492 e. The topological polar surface area (TPSA) is 72.5 Å². The molecule has 17 heavy (non-hydrogen) atoms. The highest BCUT2D eigenvalue weighted by Gasteiger charge is 2.23. The molecule has 0 aliphatic carbocycles. The number of benzene rings is 1. The van der Waals surface area contributed by atoms with Gasteiger partial charge in [0.05, 0.1) is 7.11 Å². The van der Waals surface area contributed by atoms with Crippen LogP contribution in [-0.4, -0.2) is 28.5 Å². The van der Waals surface area contributed by atoms with E-state index in [0.717, 1.165) is 19.2 Å². The first kappa shape index (κ1) is 13.7. The number of hydrogen-bond donors (Lipinski definition) is 1. The van der Waals surface area contributed by atoms with Gasteiger partial charge in [-0.05, 0) is 12.1 Å². The minimum Gasteiger partial charge on any atom is -0.492 e. The summed E-state index contributed by atoms with van der Waals surface area (Å²) >= 11 is 0. The van der Waals surface area contributed by atoms with Gasteiger partial charge in [-0.3, -0.25) is 4.79 Å². The van der Waals surface area contributed by atoms with Crippen molar-refractivity contribution >= 4 is 25.6 Å². The number of methoxy groups -OCH3 is 1. The molecule has 0 unspecified atom stereocenters. The number of carbonyl (C=O) groups is 1. The standard InChI is InChI=1S/C9H9ClFNO4S/c1-12-9(13)5-3-6(11)8(16-2)7(4-5)17(10,14)15/h3-4H,1-2H3,(H,12,13). The van der Waals surface area contributed by atoms with Crippen molar-refractivity contribution in [2.75, 3.05) is 14.2 Å². The van der Waals surface area contributed by atoms with Crippen LogP contribution in [0.3, 0.4) is 0 Å². The number of rotatable bonds is 3. The number of amides is 1. The van der Waals surface area contributed by atoms with Crippen molar-refractivity contribution in [3.63, 3.8) is 0 Å². The molecule has 1 N–H and O–H groups in total. The molecule has 94 valence electrons. The molecular weight excluding hydrogens is 273 g/mol. The fourth-order valence-corrected chi connectivity index (χ4v) is 2.24. The van der Waals surface area contributed by atoms with Gasteiger partial charge in [0.25, 0.3) is 15.0 Å². The van der Waals surface area contributed by atoms with Gasteiger partial charge in [0, 0.05) is 23.3 Å². The Bertz CT molecular complexity index is 558. The highest BCUT2D eigenvalue weighted by molar-refractivity contribution is 8.13. The first-order valence-corrected chi connectivity index (χ1v) is 6.66. The van der Waals surface area contributed by atoms with Gasteiger partial charge in [-0.25, -0.2) is 12.8 Å². The van der Waals surface area contributed by atoms with Gasteiger partial charge in [-0.15, -0.1) is 0 Å². The number of ether oxygens (including phenoxy) is 1. The lowest BCUT2D eigenvalue weighted by atomic mass is 10.2. The summed E-state index contributed by atoms with van der Waals surface area (Å²) in [5.74, 6) is -2.13. The Morgan fingerprint density at radius 1 is 1.47 bits per heavy atom. The highest BCUT2D eigenvalue weighted by atomic mass is 35.7. The number of halogens is 2. The summed E-state index contributed by atoms with van der Waals surface area (Å²) in [7, 11) is 3.36. The molecule has 1 aromatic rings. The summed E-state index contributed by atoms with van der Waals surface area (Å²) in [6.45, 7) is 0. The zero-order valence-electron chi connectivity index (χ0n) is 8.95. The van der Waals surface area contributed by atoms with Crippen LogP contribution in [-0.2, 0) is 9.05 Å². The molecule has 0 aliphatic rings. The lowest BCUT2D eigenvalue weighted by molar-refractivity contribution is 0.0962. The summed E-state index contributed by atoms with van der Waals surface area (Å²) in [6, 6.07) is 1.81. The summed E-state index contributed by atoms with van der Waals surface area (Å²) < 4.78 is 40.5. The molecule has 1 rings (SSSR count). The third-order valence-corrected chi connectivity index (χ3v) is 3.29. The van der Waals surface area contributed by atoms with Crippen molar-refractivity contribution in [3.05, 3.63) is 23.5 Å². The molecule has 8 heteroatoms. The minimum atomic E-state index is -4.21. The molecule has 0 saturated carbocycles. The van der Waals surface area contributed by atoms with Crippen molar-refractivity contribution in [2.45, 2.75) is 4.90 Å². The van der Waals surface area contributed by atoms with Crippen molar-refractivity contribution in [1.82, 2.24) is 5.32 Å². The summed E-state index contributed by atoms with van der Waals surface area (Å²) in [5.41, 5.74) is -0.162. The molecule has 0 radical (unpaired) electrons. The Hall–Kier alpha value is -1.34.